The van der Waals surface area contributed by atoms with E-state index in [2.05, 4.69) is 21.9 Å². The van der Waals surface area contributed by atoms with Crippen LogP contribution in [0.25, 0.3) is 0 Å². The van der Waals surface area contributed by atoms with E-state index in [1.807, 2.05) is 32.0 Å². The number of halogens is 1. The van der Waals surface area contributed by atoms with Crippen LogP contribution in [0.15, 0.2) is 24.3 Å². The number of nitriles is 1. The van der Waals surface area contributed by atoms with Gasteiger partial charge in [-0.05, 0) is 45.0 Å². The van der Waals surface area contributed by atoms with Gasteiger partial charge in [0.2, 0.25) is 0 Å². The lowest BCUT2D eigenvalue weighted by atomic mass is 9.91. The Morgan fingerprint density at radius 1 is 1.25 bits per heavy atom. The SMILES string of the molecule is CC(C)(C#N)CCN1CCN(c2cccc(Cl)c2)CC1. The van der Waals surface area contributed by atoms with Gasteiger partial charge in [0.05, 0.1) is 11.5 Å². The number of rotatable bonds is 4. The molecule has 0 amide bonds. The van der Waals surface area contributed by atoms with Crippen molar-refractivity contribution in [1.82, 2.24) is 4.90 Å². The van der Waals surface area contributed by atoms with Crippen LogP contribution in [0.2, 0.25) is 5.02 Å². The number of anilines is 1. The van der Waals surface area contributed by atoms with Crippen molar-refractivity contribution in [3.8, 4) is 6.07 Å². The fraction of sp³-hybridized carbons (Fsp3) is 0.562. The van der Waals surface area contributed by atoms with Gasteiger partial charge in [-0.3, -0.25) is 4.90 Å². The zero-order valence-corrected chi connectivity index (χ0v) is 13.0. The van der Waals surface area contributed by atoms with Crippen molar-refractivity contribution in [2.24, 2.45) is 5.41 Å². The fourth-order valence-electron chi connectivity index (χ4n) is 2.40. The maximum Gasteiger partial charge on any atom is 0.0684 e. The highest BCUT2D eigenvalue weighted by molar-refractivity contribution is 6.30. The molecule has 0 spiro atoms. The predicted octanol–water partition coefficient (Wildman–Crippen LogP) is 3.40. The first-order valence-electron chi connectivity index (χ1n) is 7.14. The molecule has 3 nitrogen and oxygen atoms in total. The zero-order valence-electron chi connectivity index (χ0n) is 12.3. The van der Waals surface area contributed by atoms with Crippen LogP contribution in [0.5, 0.6) is 0 Å². The molecule has 1 aromatic carbocycles. The molecule has 1 aromatic rings. The van der Waals surface area contributed by atoms with Gasteiger partial charge >= 0.3 is 0 Å². The van der Waals surface area contributed by atoms with Gasteiger partial charge in [-0.2, -0.15) is 5.26 Å². The largest absolute Gasteiger partial charge is 0.369 e. The Balaban J connectivity index is 1.82. The Morgan fingerprint density at radius 3 is 2.55 bits per heavy atom. The predicted molar refractivity (Wildman–Crippen MR) is 84.1 cm³/mol. The Hall–Kier alpha value is -1.24. The summed E-state index contributed by atoms with van der Waals surface area (Å²) in [5, 5.41) is 9.84. The number of nitrogens with zero attached hydrogens (tertiary/aromatic N) is 3. The molecule has 0 aromatic heterocycles. The van der Waals surface area contributed by atoms with Crippen molar-refractivity contribution in [2.75, 3.05) is 37.6 Å². The van der Waals surface area contributed by atoms with Gasteiger partial charge in [-0.1, -0.05) is 17.7 Å². The Morgan fingerprint density at radius 2 is 1.95 bits per heavy atom. The van der Waals surface area contributed by atoms with E-state index in [1.165, 1.54) is 5.69 Å². The van der Waals surface area contributed by atoms with Gasteiger partial charge in [0.15, 0.2) is 0 Å². The molecular formula is C16H22ClN3. The van der Waals surface area contributed by atoms with E-state index < -0.39 is 0 Å². The summed E-state index contributed by atoms with van der Waals surface area (Å²) in [6.45, 7) is 9.16. The highest BCUT2D eigenvalue weighted by atomic mass is 35.5. The van der Waals surface area contributed by atoms with E-state index >= 15 is 0 Å². The van der Waals surface area contributed by atoms with Crippen molar-refractivity contribution in [3.05, 3.63) is 29.3 Å². The molecule has 0 radical (unpaired) electrons. The lowest BCUT2D eigenvalue weighted by Crippen LogP contribution is -2.47. The second-order valence-electron chi connectivity index (χ2n) is 6.05. The molecule has 20 heavy (non-hydrogen) atoms. The minimum absolute atomic E-state index is 0.218. The first-order valence-corrected chi connectivity index (χ1v) is 7.52. The number of hydrogen-bond acceptors (Lipinski definition) is 3. The molecule has 0 aliphatic carbocycles. The molecule has 0 unspecified atom stereocenters. The normalized spacial score (nSPS) is 17.0. The second-order valence-corrected chi connectivity index (χ2v) is 6.49. The van der Waals surface area contributed by atoms with Crippen LogP contribution in [0.4, 0.5) is 5.69 Å². The van der Waals surface area contributed by atoms with Gasteiger partial charge < -0.3 is 4.90 Å². The molecule has 1 aliphatic rings. The molecule has 1 aliphatic heterocycles. The third kappa shape index (κ3) is 4.13. The van der Waals surface area contributed by atoms with E-state index in [9.17, 15) is 0 Å². The molecule has 1 fully saturated rings. The van der Waals surface area contributed by atoms with E-state index in [0.717, 1.165) is 44.2 Å². The minimum Gasteiger partial charge on any atom is -0.369 e. The van der Waals surface area contributed by atoms with Crippen molar-refractivity contribution < 1.29 is 0 Å². The quantitative estimate of drug-likeness (QED) is 0.852. The van der Waals surface area contributed by atoms with Crippen LogP contribution in [0, 0.1) is 16.7 Å². The van der Waals surface area contributed by atoms with Crippen molar-refractivity contribution in [3.63, 3.8) is 0 Å². The summed E-state index contributed by atoms with van der Waals surface area (Å²) in [6.07, 6.45) is 0.931. The lowest BCUT2D eigenvalue weighted by molar-refractivity contribution is 0.230. The van der Waals surface area contributed by atoms with Crippen LogP contribution in [-0.2, 0) is 0 Å². The zero-order chi connectivity index (χ0) is 14.6. The van der Waals surface area contributed by atoms with E-state index in [4.69, 9.17) is 16.9 Å². The summed E-state index contributed by atoms with van der Waals surface area (Å²) in [4.78, 5) is 4.82. The molecule has 4 heteroatoms. The first-order chi connectivity index (χ1) is 9.50. The smallest absolute Gasteiger partial charge is 0.0684 e. The standard InChI is InChI=1S/C16H22ClN3/c1-16(2,13-18)6-7-19-8-10-20(11-9-19)15-5-3-4-14(17)12-15/h3-5,12H,6-11H2,1-2H3. The second kappa shape index (κ2) is 6.47. The molecule has 0 N–H and O–H groups in total. The highest BCUT2D eigenvalue weighted by Gasteiger charge is 2.21. The number of benzene rings is 1. The molecule has 0 atom stereocenters. The van der Waals surface area contributed by atoms with Gasteiger partial charge in [0, 0.05) is 36.9 Å². The molecule has 1 saturated heterocycles. The number of piperazine rings is 1. The molecule has 2 rings (SSSR count). The van der Waals surface area contributed by atoms with Crippen LogP contribution in [0.3, 0.4) is 0 Å². The molecule has 1 heterocycles. The van der Waals surface area contributed by atoms with Crippen LogP contribution >= 0.6 is 11.6 Å². The summed E-state index contributed by atoms with van der Waals surface area (Å²) < 4.78 is 0. The lowest BCUT2D eigenvalue weighted by Gasteiger charge is -2.36. The van der Waals surface area contributed by atoms with Gasteiger partial charge in [0.25, 0.3) is 0 Å². The summed E-state index contributed by atoms with van der Waals surface area (Å²) >= 11 is 6.04. The summed E-state index contributed by atoms with van der Waals surface area (Å²) in [5.74, 6) is 0. The summed E-state index contributed by atoms with van der Waals surface area (Å²) in [5.41, 5.74) is 0.985. The van der Waals surface area contributed by atoms with Gasteiger partial charge in [-0.25, -0.2) is 0 Å². The average molecular weight is 292 g/mol. The molecular weight excluding hydrogens is 270 g/mol. The Kier molecular flexibility index (Phi) is 4.91. The number of hydrogen-bond donors (Lipinski definition) is 0. The van der Waals surface area contributed by atoms with Crippen molar-refractivity contribution in [1.29, 1.82) is 5.26 Å². The first kappa shape index (κ1) is 15.2. The molecule has 108 valence electrons. The summed E-state index contributed by atoms with van der Waals surface area (Å²) in [7, 11) is 0. The van der Waals surface area contributed by atoms with Crippen LogP contribution < -0.4 is 4.90 Å². The topological polar surface area (TPSA) is 30.3 Å². The molecule has 0 bridgehead atoms. The Labute approximate surface area is 126 Å². The maximum atomic E-state index is 9.05. The van der Waals surface area contributed by atoms with Gasteiger partial charge in [0.1, 0.15) is 0 Å². The third-order valence-corrected chi connectivity index (χ3v) is 4.14. The van der Waals surface area contributed by atoms with E-state index in [0.29, 0.717) is 0 Å². The van der Waals surface area contributed by atoms with Crippen molar-refractivity contribution in [2.45, 2.75) is 20.3 Å². The fourth-order valence-corrected chi connectivity index (χ4v) is 2.58. The monoisotopic (exact) mass is 291 g/mol. The van der Waals surface area contributed by atoms with E-state index in [-0.39, 0.29) is 5.41 Å². The van der Waals surface area contributed by atoms with Crippen molar-refractivity contribution >= 4 is 17.3 Å². The maximum absolute atomic E-state index is 9.05. The Bertz CT molecular complexity index is 485. The van der Waals surface area contributed by atoms with Crippen LogP contribution in [-0.4, -0.2) is 37.6 Å². The minimum atomic E-state index is -0.218. The summed E-state index contributed by atoms with van der Waals surface area (Å²) in [6, 6.07) is 10.4. The average Bonchev–Trinajstić information content (AvgIpc) is 2.46. The highest BCUT2D eigenvalue weighted by Crippen LogP contribution is 2.22. The third-order valence-electron chi connectivity index (χ3n) is 3.90. The molecule has 0 saturated carbocycles. The van der Waals surface area contributed by atoms with Gasteiger partial charge in [-0.15, -0.1) is 0 Å². The van der Waals surface area contributed by atoms with E-state index in [1.54, 1.807) is 0 Å². The van der Waals surface area contributed by atoms with Crippen LogP contribution in [0.1, 0.15) is 20.3 Å².